The van der Waals surface area contributed by atoms with E-state index in [9.17, 15) is 4.79 Å². The van der Waals surface area contributed by atoms with E-state index in [1.807, 2.05) is 48.5 Å². The Morgan fingerprint density at radius 2 is 1.96 bits per heavy atom. The average Bonchev–Trinajstić information content (AvgIpc) is 3.36. The minimum Gasteiger partial charge on any atom is -0.429 e. The van der Waals surface area contributed by atoms with Gasteiger partial charge in [-0.05, 0) is 55.0 Å². The van der Waals surface area contributed by atoms with Crippen molar-refractivity contribution >= 4 is 17.1 Å². The van der Waals surface area contributed by atoms with Gasteiger partial charge in [0.1, 0.15) is 12.4 Å². The maximum atomic E-state index is 12.1. The van der Waals surface area contributed by atoms with E-state index in [0.29, 0.717) is 17.8 Å². The molecule has 2 aliphatic rings. The van der Waals surface area contributed by atoms with Crippen molar-refractivity contribution in [1.29, 1.82) is 0 Å². The number of nitrogens with one attached hydrogen (secondary N) is 1. The zero-order chi connectivity index (χ0) is 19.1. The Morgan fingerprint density at radius 3 is 2.75 bits per heavy atom. The van der Waals surface area contributed by atoms with Gasteiger partial charge in [0.25, 0.3) is 0 Å². The number of rotatable bonds is 5. The highest BCUT2D eigenvalue weighted by Crippen LogP contribution is 2.41. The average molecular weight is 376 g/mol. The van der Waals surface area contributed by atoms with Crippen LogP contribution in [0.2, 0.25) is 0 Å². The van der Waals surface area contributed by atoms with Crippen molar-refractivity contribution in [2.75, 3.05) is 0 Å². The summed E-state index contributed by atoms with van der Waals surface area (Å²) in [6, 6.07) is 16.5. The van der Waals surface area contributed by atoms with Crippen LogP contribution in [0.5, 0.6) is 5.75 Å². The first kappa shape index (κ1) is 17.3. The van der Waals surface area contributed by atoms with Crippen LogP contribution in [-0.2, 0) is 24.8 Å². The van der Waals surface area contributed by atoms with Crippen molar-refractivity contribution in [1.82, 2.24) is 9.88 Å². The van der Waals surface area contributed by atoms with Gasteiger partial charge in [0.2, 0.25) is 0 Å². The van der Waals surface area contributed by atoms with Gasteiger partial charge in [-0.1, -0.05) is 30.3 Å². The van der Waals surface area contributed by atoms with E-state index in [1.165, 1.54) is 35.0 Å². The highest BCUT2D eigenvalue weighted by Gasteiger charge is 2.33. The lowest BCUT2D eigenvalue weighted by molar-refractivity contribution is 0.0928. The second-order valence-corrected chi connectivity index (χ2v) is 7.76. The number of hydrogen-bond acceptors (Lipinski definition) is 4. The van der Waals surface area contributed by atoms with E-state index in [4.69, 9.17) is 9.47 Å². The number of aryl methyl sites for hydroxylation is 1. The summed E-state index contributed by atoms with van der Waals surface area (Å²) < 4.78 is 13.0. The number of carbonyl (C=O) groups excluding carboxylic acids is 1. The summed E-state index contributed by atoms with van der Waals surface area (Å²) in [4.78, 5) is 12.1. The maximum Gasteiger partial charge on any atom is 0.514 e. The van der Waals surface area contributed by atoms with Crippen LogP contribution in [0.25, 0.3) is 10.9 Å². The molecule has 0 spiro atoms. The minimum absolute atomic E-state index is 0.204. The van der Waals surface area contributed by atoms with Crippen molar-refractivity contribution in [3.63, 3.8) is 0 Å². The molecule has 1 saturated carbocycles. The Bertz CT molecular complexity index is 1020. The highest BCUT2D eigenvalue weighted by molar-refractivity contribution is 5.88. The van der Waals surface area contributed by atoms with Crippen molar-refractivity contribution in [3.05, 3.63) is 65.4 Å². The summed E-state index contributed by atoms with van der Waals surface area (Å²) in [5.41, 5.74) is 4.87. The van der Waals surface area contributed by atoms with Crippen LogP contribution in [-0.4, -0.2) is 16.8 Å². The van der Waals surface area contributed by atoms with Crippen LogP contribution in [0.3, 0.4) is 0 Å². The number of fused-ring (bicyclic) bond motifs is 3. The summed E-state index contributed by atoms with van der Waals surface area (Å²) in [6.07, 6.45) is 4.09. The van der Waals surface area contributed by atoms with Crippen LogP contribution >= 0.6 is 0 Å². The molecular formula is C23H24N2O3. The monoisotopic (exact) mass is 376 g/mol. The first-order valence-electron chi connectivity index (χ1n) is 9.95. The molecule has 1 N–H and O–H groups in total. The van der Waals surface area contributed by atoms with Gasteiger partial charge in [-0.25, -0.2) is 4.79 Å². The molecule has 0 saturated heterocycles. The Morgan fingerprint density at radius 1 is 1.14 bits per heavy atom. The molecule has 1 heterocycles. The van der Waals surface area contributed by atoms with Crippen LogP contribution < -0.4 is 10.1 Å². The molecule has 5 heteroatoms. The van der Waals surface area contributed by atoms with Crippen molar-refractivity contribution in [2.24, 2.45) is 7.05 Å². The minimum atomic E-state index is -0.677. The number of benzene rings is 2. The summed E-state index contributed by atoms with van der Waals surface area (Å²) in [5.74, 6) is 0.524. The van der Waals surface area contributed by atoms with Gasteiger partial charge in [0.05, 0.1) is 0 Å². The Kier molecular flexibility index (Phi) is 4.32. The molecule has 2 aliphatic carbocycles. The molecule has 1 aromatic heterocycles. The second-order valence-electron chi connectivity index (χ2n) is 7.76. The Balaban J connectivity index is 1.35. The highest BCUT2D eigenvalue weighted by atomic mass is 16.7. The number of ether oxygens (including phenoxy) is 2. The van der Waals surface area contributed by atoms with Gasteiger partial charge >= 0.3 is 6.16 Å². The first-order valence-corrected chi connectivity index (χ1v) is 9.95. The van der Waals surface area contributed by atoms with Crippen molar-refractivity contribution in [3.8, 4) is 5.75 Å². The van der Waals surface area contributed by atoms with E-state index in [1.54, 1.807) is 0 Å². The zero-order valence-corrected chi connectivity index (χ0v) is 16.0. The topological polar surface area (TPSA) is 52.5 Å². The predicted molar refractivity (Wildman–Crippen MR) is 107 cm³/mol. The SMILES string of the molecule is Cn1c2c(c3cc(OC(=O)OCc4ccccc4)ccc31)C(NC1CC1)CC2. The van der Waals surface area contributed by atoms with Crippen LogP contribution in [0.1, 0.15) is 42.1 Å². The standard InChI is InChI=1S/C23H24N2O3/c1-25-20-11-9-17(28-23(26)27-14-15-5-3-2-4-6-15)13-18(20)22-19(10-12-21(22)25)24-16-7-8-16/h2-6,9,11,13,16,19,24H,7-8,10,12,14H2,1H3. The van der Waals surface area contributed by atoms with Crippen molar-refractivity contribution < 1.29 is 14.3 Å². The van der Waals surface area contributed by atoms with E-state index in [-0.39, 0.29) is 6.61 Å². The second kappa shape index (κ2) is 6.99. The predicted octanol–water partition coefficient (Wildman–Crippen LogP) is 4.63. The molecule has 0 radical (unpaired) electrons. The molecular weight excluding hydrogens is 352 g/mol. The number of hydrogen-bond donors (Lipinski definition) is 1. The molecule has 5 nitrogen and oxygen atoms in total. The van der Waals surface area contributed by atoms with Crippen LogP contribution in [0.4, 0.5) is 4.79 Å². The number of carbonyl (C=O) groups is 1. The van der Waals surface area contributed by atoms with Crippen LogP contribution in [0, 0.1) is 0 Å². The molecule has 1 atom stereocenters. The molecule has 1 fully saturated rings. The molecule has 3 aromatic rings. The maximum absolute atomic E-state index is 12.1. The lowest BCUT2D eigenvalue weighted by Gasteiger charge is -2.13. The molecule has 1 unspecified atom stereocenters. The molecule has 5 rings (SSSR count). The lowest BCUT2D eigenvalue weighted by Crippen LogP contribution is -2.21. The number of nitrogens with zero attached hydrogens (tertiary/aromatic N) is 1. The zero-order valence-electron chi connectivity index (χ0n) is 16.0. The summed E-state index contributed by atoms with van der Waals surface area (Å²) >= 11 is 0. The van der Waals surface area contributed by atoms with E-state index >= 15 is 0 Å². The summed E-state index contributed by atoms with van der Waals surface area (Å²) in [6.45, 7) is 0.204. The third kappa shape index (κ3) is 3.27. The fourth-order valence-electron chi connectivity index (χ4n) is 4.23. The third-order valence-electron chi connectivity index (χ3n) is 5.77. The van der Waals surface area contributed by atoms with Gasteiger partial charge in [-0.2, -0.15) is 0 Å². The van der Waals surface area contributed by atoms with Gasteiger partial charge in [0, 0.05) is 35.7 Å². The van der Waals surface area contributed by atoms with Gasteiger partial charge < -0.3 is 19.4 Å². The summed E-state index contributed by atoms with van der Waals surface area (Å²) in [5, 5.41) is 4.94. The van der Waals surface area contributed by atoms with E-state index < -0.39 is 6.16 Å². The van der Waals surface area contributed by atoms with Crippen molar-refractivity contribution in [2.45, 2.75) is 44.4 Å². The molecule has 0 bridgehead atoms. The van der Waals surface area contributed by atoms with Gasteiger partial charge in [0.15, 0.2) is 0 Å². The molecule has 2 aromatic carbocycles. The summed E-state index contributed by atoms with van der Waals surface area (Å²) in [7, 11) is 2.12. The molecule has 0 aliphatic heterocycles. The Labute approximate surface area is 164 Å². The largest absolute Gasteiger partial charge is 0.514 e. The third-order valence-corrected chi connectivity index (χ3v) is 5.77. The number of aromatic nitrogens is 1. The van der Waals surface area contributed by atoms with E-state index in [0.717, 1.165) is 18.4 Å². The van der Waals surface area contributed by atoms with Gasteiger partial charge in [-0.3, -0.25) is 0 Å². The fourth-order valence-corrected chi connectivity index (χ4v) is 4.23. The Hall–Kier alpha value is -2.79. The molecule has 0 amide bonds. The first-order chi connectivity index (χ1) is 13.7. The molecule has 144 valence electrons. The van der Waals surface area contributed by atoms with Gasteiger partial charge in [-0.15, -0.1) is 0 Å². The van der Waals surface area contributed by atoms with E-state index in [2.05, 4.69) is 16.9 Å². The lowest BCUT2D eigenvalue weighted by atomic mass is 10.1. The fraction of sp³-hybridized carbons (Fsp3) is 0.348. The normalized spacial score (nSPS) is 18.2. The quantitative estimate of drug-likeness (QED) is 0.521. The van der Waals surface area contributed by atoms with Crippen LogP contribution in [0.15, 0.2) is 48.5 Å². The smallest absolute Gasteiger partial charge is 0.429 e. The molecule has 28 heavy (non-hydrogen) atoms.